The Kier molecular flexibility index (Phi) is 1.28. The van der Waals surface area contributed by atoms with Crippen molar-refractivity contribution in [2.24, 2.45) is 0 Å². The van der Waals surface area contributed by atoms with E-state index >= 15 is 0 Å². The first-order valence-electron chi connectivity index (χ1n) is 3.47. The van der Waals surface area contributed by atoms with Crippen LogP contribution >= 0.6 is 11.3 Å². The summed E-state index contributed by atoms with van der Waals surface area (Å²) in [6.07, 6.45) is 1.69. The lowest BCUT2D eigenvalue weighted by atomic mass is 10.3. The van der Waals surface area contributed by atoms with Gasteiger partial charge in [0.1, 0.15) is 10.9 Å². The summed E-state index contributed by atoms with van der Waals surface area (Å²) >= 11 is 1.39. The van der Waals surface area contributed by atoms with E-state index in [0.29, 0.717) is 4.88 Å². The van der Waals surface area contributed by atoms with Crippen LogP contribution in [-0.2, 0) is 5.60 Å². The third-order valence-corrected chi connectivity index (χ3v) is 3.08. The van der Waals surface area contributed by atoms with E-state index in [1.54, 1.807) is 6.07 Å². The fraction of sp³-hybridized carbons (Fsp3) is 0.375. The van der Waals surface area contributed by atoms with E-state index in [9.17, 15) is 5.11 Å². The Morgan fingerprint density at radius 2 is 2.27 bits per heavy atom. The zero-order chi connectivity index (χ0) is 7.90. The maximum absolute atomic E-state index is 9.61. The molecule has 0 radical (unpaired) electrons. The lowest BCUT2D eigenvalue weighted by molar-refractivity contribution is 0.155. The molecule has 0 aliphatic heterocycles. The lowest BCUT2D eigenvalue weighted by Crippen LogP contribution is -1.99. The second-order valence-electron chi connectivity index (χ2n) is 2.81. The predicted octanol–water partition coefficient (Wildman–Crippen LogP) is 1.60. The van der Waals surface area contributed by atoms with Gasteiger partial charge in [-0.05, 0) is 25.0 Å². The average molecular weight is 165 g/mol. The van der Waals surface area contributed by atoms with Gasteiger partial charge in [-0.3, -0.25) is 0 Å². The second kappa shape index (κ2) is 2.07. The third kappa shape index (κ3) is 1.05. The van der Waals surface area contributed by atoms with Crippen molar-refractivity contribution in [3.8, 4) is 6.07 Å². The summed E-state index contributed by atoms with van der Waals surface area (Å²) in [5, 5.41) is 18.1. The maximum Gasteiger partial charge on any atom is 0.110 e. The van der Waals surface area contributed by atoms with Crippen molar-refractivity contribution in [2.75, 3.05) is 0 Å². The molecule has 1 aromatic rings. The zero-order valence-corrected chi connectivity index (χ0v) is 6.69. The van der Waals surface area contributed by atoms with Gasteiger partial charge in [-0.1, -0.05) is 0 Å². The molecule has 56 valence electrons. The van der Waals surface area contributed by atoms with E-state index in [0.717, 1.165) is 17.7 Å². The van der Waals surface area contributed by atoms with E-state index in [-0.39, 0.29) is 0 Å². The van der Waals surface area contributed by atoms with Crippen LogP contribution in [0.15, 0.2) is 12.1 Å². The first-order valence-corrected chi connectivity index (χ1v) is 4.29. The fourth-order valence-corrected chi connectivity index (χ4v) is 1.96. The van der Waals surface area contributed by atoms with E-state index in [4.69, 9.17) is 5.26 Å². The van der Waals surface area contributed by atoms with Crippen LogP contribution in [0.25, 0.3) is 0 Å². The molecule has 1 aliphatic rings. The highest BCUT2D eigenvalue weighted by molar-refractivity contribution is 7.12. The highest BCUT2D eigenvalue weighted by Gasteiger charge is 2.43. The van der Waals surface area contributed by atoms with Crippen LogP contribution in [0.5, 0.6) is 0 Å². The summed E-state index contributed by atoms with van der Waals surface area (Å²) in [6.45, 7) is 0. The van der Waals surface area contributed by atoms with Gasteiger partial charge in [0.15, 0.2) is 0 Å². The molecule has 1 saturated carbocycles. The Morgan fingerprint density at radius 1 is 1.55 bits per heavy atom. The number of hydrogen-bond acceptors (Lipinski definition) is 3. The molecule has 0 amide bonds. The number of hydrogen-bond donors (Lipinski definition) is 1. The molecule has 11 heavy (non-hydrogen) atoms. The minimum atomic E-state index is -0.570. The topological polar surface area (TPSA) is 44.0 Å². The monoisotopic (exact) mass is 165 g/mol. The van der Waals surface area contributed by atoms with Crippen molar-refractivity contribution in [1.82, 2.24) is 0 Å². The summed E-state index contributed by atoms with van der Waals surface area (Å²) in [4.78, 5) is 1.62. The van der Waals surface area contributed by atoms with Crippen molar-refractivity contribution in [1.29, 1.82) is 5.26 Å². The number of thiophene rings is 1. The van der Waals surface area contributed by atoms with Crippen molar-refractivity contribution >= 4 is 11.3 Å². The first kappa shape index (κ1) is 6.84. The first-order chi connectivity index (χ1) is 5.24. The van der Waals surface area contributed by atoms with Crippen LogP contribution in [0.1, 0.15) is 22.6 Å². The van der Waals surface area contributed by atoms with Gasteiger partial charge in [-0.15, -0.1) is 11.3 Å². The maximum atomic E-state index is 9.61. The molecule has 0 aromatic carbocycles. The van der Waals surface area contributed by atoms with Crippen LogP contribution in [0.3, 0.4) is 0 Å². The largest absolute Gasteiger partial charge is 0.384 e. The highest BCUT2D eigenvalue weighted by Crippen LogP contribution is 2.47. The summed E-state index contributed by atoms with van der Waals surface area (Å²) in [7, 11) is 0. The smallest absolute Gasteiger partial charge is 0.110 e. The molecular formula is C8H7NOS. The Balaban J connectivity index is 2.34. The van der Waals surface area contributed by atoms with Gasteiger partial charge >= 0.3 is 0 Å². The van der Waals surface area contributed by atoms with Crippen molar-refractivity contribution in [2.45, 2.75) is 18.4 Å². The molecule has 2 nitrogen and oxygen atoms in total. The summed E-state index contributed by atoms with van der Waals surface area (Å²) in [5.74, 6) is 0. The van der Waals surface area contributed by atoms with Crippen LogP contribution in [0.2, 0.25) is 0 Å². The van der Waals surface area contributed by atoms with E-state index in [1.807, 2.05) is 6.07 Å². The van der Waals surface area contributed by atoms with Gasteiger partial charge in [-0.25, -0.2) is 0 Å². The highest BCUT2D eigenvalue weighted by atomic mass is 32.1. The minimum Gasteiger partial charge on any atom is -0.384 e. The van der Waals surface area contributed by atoms with Gasteiger partial charge in [0.2, 0.25) is 0 Å². The molecule has 0 atom stereocenters. The summed E-state index contributed by atoms with van der Waals surface area (Å²) in [5.41, 5.74) is -0.570. The number of nitrogens with zero attached hydrogens (tertiary/aromatic N) is 1. The predicted molar refractivity (Wildman–Crippen MR) is 42.2 cm³/mol. The molecule has 3 heteroatoms. The SMILES string of the molecule is N#Cc1ccc(C2(O)CC2)s1. The van der Waals surface area contributed by atoms with E-state index < -0.39 is 5.60 Å². The molecule has 1 aromatic heterocycles. The summed E-state index contributed by atoms with van der Waals surface area (Å²) in [6, 6.07) is 5.66. The lowest BCUT2D eigenvalue weighted by Gasteiger charge is -2.00. The Labute approximate surface area is 68.7 Å². The van der Waals surface area contributed by atoms with Gasteiger partial charge in [0.25, 0.3) is 0 Å². The normalized spacial score (nSPS) is 19.3. The average Bonchev–Trinajstić information content (AvgIpc) is 2.61. The van der Waals surface area contributed by atoms with Crippen molar-refractivity contribution < 1.29 is 5.11 Å². The molecular weight excluding hydrogens is 158 g/mol. The Bertz CT molecular complexity index is 319. The van der Waals surface area contributed by atoms with Crippen molar-refractivity contribution in [3.63, 3.8) is 0 Å². The molecule has 2 rings (SSSR count). The van der Waals surface area contributed by atoms with Gasteiger partial charge < -0.3 is 5.11 Å². The van der Waals surface area contributed by atoms with Crippen LogP contribution < -0.4 is 0 Å². The molecule has 1 fully saturated rings. The molecule has 0 unspecified atom stereocenters. The Hall–Kier alpha value is -0.850. The molecule has 0 saturated heterocycles. The molecule has 1 N–H and O–H groups in total. The standard InChI is InChI=1S/C8H7NOS/c9-5-6-1-2-7(11-6)8(10)3-4-8/h1-2,10H,3-4H2. The molecule has 0 spiro atoms. The summed E-state index contributed by atoms with van der Waals surface area (Å²) < 4.78 is 0. The fourth-order valence-electron chi connectivity index (χ4n) is 1.01. The molecule has 1 aliphatic carbocycles. The minimum absolute atomic E-state index is 0.570. The van der Waals surface area contributed by atoms with E-state index in [2.05, 4.69) is 6.07 Å². The second-order valence-corrected chi connectivity index (χ2v) is 3.89. The number of nitriles is 1. The van der Waals surface area contributed by atoms with Gasteiger partial charge in [-0.2, -0.15) is 5.26 Å². The van der Waals surface area contributed by atoms with Crippen LogP contribution in [0, 0.1) is 11.3 Å². The van der Waals surface area contributed by atoms with Gasteiger partial charge in [0, 0.05) is 4.88 Å². The van der Waals surface area contributed by atoms with Gasteiger partial charge in [0.05, 0.1) is 5.60 Å². The van der Waals surface area contributed by atoms with Crippen LogP contribution in [0.4, 0.5) is 0 Å². The van der Waals surface area contributed by atoms with Crippen molar-refractivity contribution in [3.05, 3.63) is 21.9 Å². The number of rotatable bonds is 1. The third-order valence-electron chi connectivity index (χ3n) is 1.90. The molecule has 1 heterocycles. The molecule has 0 bridgehead atoms. The number of aliphatic hydroxyl groups is 1. The zero-order valence-electron chi connectivity index (χ0n) is 5.87. The quantitative estimate of drug-likeness (QED) is 0.687. The Morgan fingerprint density at radius 3 is 2.73 bits per heavy atom. The van der Waals surface area contributed by atoms with Crippen LogP contribution in [-0.4, -0.2) is 5.11 Å². The van der Waals surface area contributed by atoms with E-state index in [1.165, 1.54) is 11.3 Å².